The number of nitrogens with one attached hydrogen (secondary N) is 1. The first-order valence-electron chi connectivity index (χ1n) is 8.73. The molecule has 0 unspecified atom stereocenters. The maximum absolute atomic E-state index is 13.3. The molecule has 0 saturated carbocycles. The molecule has 136 valence electrons. The van der Waals surface area contributed by atoms with E-state index >= 15 is 0 Å². The Balaban J connectivity index is 1.48. The number of nitrogens with zero attached hydrogens (tertiary/aromatic N) is 5. The van der Waals surface area contributed by atoms with Crippen LogP contribution in [0.4, 0.5) is 4.79 Å². The van der Waals surface area contributed by atoms with Gasteiger partial charge in [-0.2, -0.15) is 4.68 Å². The second kappa shape index (κ2) is 5.98. The summed E-state index contributed by atoms with van der Waals surface area (Å²) in [4.78, 5) is 28.4. The number of tetrazole rings is 1. The van der Waals surface area contributed by atoms with Gasteiger partial charge >= 0.3 is 6.03 Å². The second-order valence-corrected chi connectivity index (χ2v) is 7.68. The molecular weight excluding hydrogens is 364 g/mol. The van der Waals surface area contributed by atoms with Crippen LogP contribution >= 0.6 is 11.3 Å². The summed E-state index contributed by atoms with van der Waals surface area (Å²) in [5.41, 5.74) is 0.759. The van der Waals surface area contributed by atoms with Crippen LogP contribution in [0, 0.1) is 0 Å². The van der Waals surface area contributed by atoms with Crippen molar-refractivity contribution in [3.8, 4) is 5.69 Å². The molecule has 1 aliphatic heterocycles. The highest BCUT2D eigenvalue weighted by atomic mass is 32.1. The lowest BCUT2D eigenvalue weighted by atomic mass is 9.80. The van der Waals surface area contributed by atoms with E-state index in [9.17, 15) is 9.59 Å². The zero-order valence-electron chi connectivity index (χ0n) is 14.3. The van der Waals surface area contributed by atoms with Crippen LogP contribution in [-0.4, -0.2) is 37.0 Å². The number of rotatable bonds is 3. The van der Waals surface area contributed by atoms with Gasteiger partial charge < -0.3 is 5.32 Å². The van der Waals surface area contributed by atoms with Gasteiger partial charge in [0.05, 0.1) is 12.2 Å². The fourth-order valence-corrected chi connectivity index (χ4v) is 4.90. The van der Waals surface area contributed by atoms with Gasteiger partial charge in [-0.3, -0.25) is 9.69 Å². The molecule has 3 aromatic rings. The summed E-state index contributed by atoms with van der Waals surface area (Å²) in [6, 6.07) is 10.9. The number of urea groups is 1. The molecule has 8 nitrogen and oxygen atoms in total. The summed E-state index contributed by atoms with van der Waals surface area (Å²) < 4.78 is 1.54. The highest BCUT2D eigenvalue weighted by molar-refractivity contribution is 7.10. The average Bonchev–Trinajstić information content (AvgIpc) is 3.40. The van der Waals surface area contributed by atoms with Crippen molar-refractivity contribution in [2.24, 2.45) is 0 Å². The number of aromatic nitrogens is 4. The maximum Gasteiger partial charge on any atom is 0.325 e. The Hall–Kier alpha value is -3.07. The lowest BCUT2D eigenvalue weighted by molar-refractivity contribution is -0.132. The third kappa shape index (κ3) is 2.38. The van der Waals surface area contributed by atoms with E-state index in [1.54, 1.807) is 16.0 Å². The molecule has 2 aromatic heterocycles. The molecule has 1 N–H and O–H groups in total. The van der Waals surface area contributed by atoms with E-state index in [0.29, 0.717) is 12.2 Å². The largest absolute Gasteiger partial charge is 0.325 e. The minimum atomic E-state index is -0.949. The van der Waals surface area contributed by atoms with Crippen molar-refractivity contribution in [2.75, 3.05) is 0 Å². The molecule has 1 saturated heterocycles. The molecule has 0 radical (unpaired) electrons. The molecular formula is C18H16N6O2S. The zero-order chi connectivity index (χ0) is 18.4. The fraction of sp³-hybridized carbons (Fsp3) is 0.278. The van der Waals surface area contributed by atoms with Crippen LogP contribution in [0.3, 0.4) is 0 Å². The fourth-order valence-electron chi connectivity index (χ4n) is 3.90. The SMILES string of the molecule is O=C1N[C@]2(CCCc3sccc32)C(=O)N1Cc1nnnn1-c1ccccc1. The summed E-state index contributed by atoms with van der Waals surface area (Å²) in [5, 5.41) is 16.7. The predicted molar refractivity (Wildman–Crippen MR) is 97.2 cm³/mol. The Morgan fingerprint density at radius 1 is 1.19 bits per heavy atom. The molecule has 1 aliphatic carbocycles. The number of carbonyl (C=O) groups is 2. The van der Waals surface area contributed by atoms with E-state index < -0.39 is 11.6 Å². The third-order valence-corrected chi connectivity index (χ3v) is 6.15. The lowest BCUT2D eigenvalue weighted by Gasteiger charge is -2.31. The molecule has 1 atom stereocenters. The van der Waals surface area contributed by atoms with Crippen molar-refractivity contribution < 1.29 is 9.59 Å². The molecule has 5 rings (SSSR count). The molecule has 27 heavy (non-hydrogen) atoms. The molecule has 1 spiro atoms. The van der Waals surface area contributed by atoms with Crippen molar-refractivity contribution in [3.63, 3.8) is 0 Å². The second-order valence-electron chi connectivity index (χ2n) is 6.68. The Kier molecular flexibility index (Phi) is 3.57. The smallest absolute Gasteiger partial charge is 0.319 e. The summed E-state index contributed by atoms with van der Waals surface area (Å²) in [6.07, 6.45) is 2.43. The number of hydrogen-bond donors (Lipinski definition) is 1. The topological polar surface area (TPSA) is 93.0 Å². The van der Waals surface area contributed by atoms with Crippen molar-refractivity contribution in [1.29, 1.82) is 0 Å². The number of carbonyl (C=O) groups excluding carboxylic acids is 2. The van der Waals surface area contributed by atoms with E-state index in [1.807, 2.05) is 41.8 Å². The van der Waals surface area contributed by atoms with Crippen molar-refractivity contribution in [1.82, 2.24) is 30.4 Å². The molecule has 9 heteroatoms. The number of fused-ring (bicyclic) bond motifs is 2. The lowest BCUT2D eigenvalue weighted by Crippen LogP contribution is -2.46. The van der Waals surface area contributed by atoms with Crippen LogP contribution < -0.4 is 5.32 Å². The van der Waals surface area contributed by atoms with Crippen LogP contribution in [0.2, 0.25) is 0 Å². The molecule has 1 fully saturated rings. The maximum atomic E-state index is 13.3. The number of para-hydroxylation sites is 1. The molecule has 1 aromatic carbocycles. The first-order chi connectivity index (χ1) is 13.2. The summed E-state index contributed by atoms with van der Waals surface area (Å²) >= 11 is 1.64. The van der Waals surface area contributed by atoms with Gasteiger partial charge in [0.15, 0.2) is 5.82 Å². The Morgan fingerprint density at radius 3 is 2.89 bits per heavy atom. The van der Waals surface area contributed by atoms with E-state index in [2.05, 4.69) is 20.8 Å². The highest BCUT2D eigenvalue weighted by Crippen LogP contribution is 2.42. The first kappa shape index (κ1) is 16.1. The van der Waals surface area contributed by atoms with Gasteiger partial charge in [0.2, 0.25) is 0 Å². The van der Waals surface area contributed by atoms with Gasteiger partial charge in [-0.05, 0) is 53.3 Å². The van der Waals surface area contributed by atoms with Crippen LogP contribution in [0.5, 0.6) is 0 Å². The van der Waals surface area contributed by atoms with Gasteiger partial charge in [0.25, 0.3) is 5.91 Å². The highest BCUT2D eigenvalue weighted by Gasteiger charge is 2.54. The van der Waals surface area contributed by atoms with Crippen LogP contribution in [0.25, 0.3) is 5.69 Å². The van der Waals surface area contributed by atoms with E-state index in [-0.39, 0.29) is 12.5 Å². The minimum absolute atomic E-state index is 0.0216. The number of thiophene rings is 1. The number of aryl methyl sites for hydroxylation is 1. The molecule has 3 heterocycles. The summed E-state index contributed by atoms with van der Waals surface area (Å²) in [6.45, 7) is 0.0216. The summed E-state index contributed by atoms with van der Waals surface area (Å²) in [7, 11) is 0. The Bertz CT molecular complexity index is 1030. The average molecular weight is 380 g/mol. The van der Waals surface area contributed by atoms with Gasteiger partial charge in [0, 0.05) is 10.4 Å². The van der Waals surface area contributed by atoms with Gasteiger partial charge in [-0.25, -0.2) is 4.79 Å². The van der Waals surface area contributed by atoms with Crippen LogP contribution in [0.1, 0.15) is 29.1 Å². The van der Waals surface area contributed by atoms with Crippen molar-refractivity contribution in [3.05, 3.63) is 58.0 Å². The number of hydrogen-bond acceptors (Lipinski definition) is 6. The molecule has 0 bridgehead atoms. The monoisotopic (exact) mass is 380 g/mol. The van der Waals surface area contributed by atoms with Crippen LogP contribution in [0.15, 0.2) is 41.8 Å². The number of imide groups is 1. The normalized spacial score (nSPS) is 21.6. The Morgan fingerprint density at radius 2 is 2.04 bits per heavy atom. The predicted octanol–water partition coefficient (Wildman–Crippen LogP) is 2.01. The van der Waals surface area contributed by atoms with Crippen molar-refractivity contribution in [2.45, 2.75) is 31.3 Å². The minimum Gasteiger partial charge on any atom is -0.319 e. The van der Waals surface area contributed by atoms with E-state index in [4.69, 9.17) is 0 Å². The van der Waals surface area contributed by atoms with Gasteiger partial charge in [-0.15, -0.1) is 16.4 Å². The number of amides is 3. The van der Waals surface area contributed by atoms with Gasteiger partial charge in [0.1, 0.15) is 5.54 Å². The Labute approximate surface area is 158 Å². The summed E-state index contributed by atoms with van der Waals surface area (Å²) in [5.74, 6) is 0.206. The zero-order valence-corrected chi connectivity index (χ0v) is 15.1. The van der Waals surface area contributed by atoms with Crippen molar-refractivity contribution >= 4 is 23.3 Å². The molecule has 2 aliphatic rings. The third-order valence-electron chi connectivity index (χ3n) is 5.17. The number of benzene rings is 1. The van der Waals surface area contributed by atoms with E-state index in [0.717, 1.165) is 24.1 Å². The quantitative estimate of drug-likeness (QED) is 0.702. The first-order valence-corrected chi connectivity index (χ1v) is 9.61. The molecule has 3 amide bonds. The van der Waals surface area contributed by atoms with Crippen LogP contribution in [-0.2, 0) is 23.3 Å². The van der Waals surface area contributed by atoms with Gasteiger partial charge in [-0.1, -0.05) is 18.2 Å². The standard InChI is InChI=1S/C18H16N6O2S/c25-16-18(9-4-7-14-13(18)8-10-27-14)19-17(26)23(16)11-15-20-21-22-24(15)12-5-2-1-3-6-12/h1-3,5-6,8,10H,4,7,9,11H2,(H,19,26)/t18-/m0/s1. The van der Waals surface area contributed by atoms with E-state index in [1.165, 1.54) is 9.78 Å².